The number of hydrogen-bond donors (Lipinski definition) is 0. The van der Waals surface area contributed by atoms with Gasteiger partial charge in [0.1, 0.15) is 0 Å². The lowest BCUT2D eigenvalue weighted by atomic mass is 10.5. The van der Waals surface area contributed by atoms with E-state index in [9.17, 15) is 4.79 Å². The summed E-state index contributed by atoms with van der Waals surface area (Å²) in [6.07, 6.45) is 4.53. The van der Waals surface area contributed by atoms with Crippen molar-refractivity contribution in [3.63, 3.8) is 0 Å². The number of nitrogens with zero attached hydrogens (tertiary/aromatic N) is 6. The zero-order chi connectivity index (χ0) is 12.4. The van der Waals surface area contributed by atoms with Crippen LogP contribution in [0.3, 0.4) is 0 Å². The summed E-state index contributed by atoms with van der Waals surface area (Å²) in [6, 6.07) is 0. The van der Waals surface area contributed by atoms with Crippen molar-refractivity contribution in [2.24, 2.45) is 12.0 Å². The smallest absolute Gasteiger partial charge is 0.282 e. The zero-order valence-electron chi connectivity index (χ0n) is 9.82. The van der Waals surface area contributed by atoms with Crippen LogP contribution in [0.25, 0.3) is 11.2 Å². The lowest BCUT2D eigenvalue weighted by Gasteiger charge is -2.05. The molecule has 17 heavy (non-hydrogen) atoms. The molecule has 0 spiro atoms. The topological polar surface area (TPSA) is 76.3 Å². The van der Waals surface area contributed by atoms with Gasteiger partial charge in [0, 0.05) is 33.5 Å². The van der Waals surface area contributed by atoms with Crippen LogP contribution in [-0.2, 0) is 7.05 Å². The number of aromatic nitrogens is 4. The first kappa shape index (κ1) is 11.2. The van der Waals surface area contributed by atoms with Crippen LogP contribution in [0.5, 0.6) is 0 Å². The molecule has 0 bridgehead atoms. The van der Waals surface area contributed by atoms with Gasteiger partial charge in [0.15, 0.2) is 11.2 Å². The second-order valence-corrected chi connectivity index (χ2v) is 3.71. The minimum absolute atomic E-state index is 0.249. The quantitative estimate of drug-likeness (QED) is 0.535. The van der Waals surface area contributed by atoms with Crippen LogP contribution in [-0.4, -0.2) is 44.9 Å². The van der Waals surface area contributed by atoms with Crippen LogP contribution >= 0.6 is 0 Å². The maximum Gasteiger partial charge on any atom is 0.282 e. The van der Waals surface area contributed by atoms with E-state index in [1.807, 2.05) is 14.1 Å². The highest BCUT2D eigenvalue weighted by molar-refractivity contribution is 5.69. The third-order valence-corrected chi connectivity index (χ3v) is 2.10. The summed E-state index contributed by atoms with van der Waals surface area (Å²) in [5, 5.41) is 0. The number of hydrogen-bond acceptors (Lipinski definition) is 5. The Morgan fingerprint density at radius 2 is 2.06 bits per heavy atom. The Morgan fingerprint density at radius 3 is 2.76 bits per heavy atom. The van der Waals surface area contributed by atoms with Gasteiger partial charge in [-0.25, -0.2) is 15.0 Å². The minimum atomic E-state index is -0.256. The molecule has 2 aromatic rings. The Morgan fingerprint density at radius 1 is 1.35 bits per heavy atom. The van der Waals surface area contributed by atoms with E-state index >= 15 is 0 Å². The minimum Gasteiger partial charge on any atom is -0.369 e. The van der Waals surface area contributed by atoms with Crippen molar-refractivity contribution in [2.75, 3.05) is 14.1 Å². The molecule has 0 aliphatic heterocycles. The summed E-state index contributed by atoms with van der Waals surface area (Å²) in [7, 11) is 5.27. The Kier molecular flexibility index (Phi) is 2.82. The van der Waals surface area contributed by atoms with E-state index in [0.717, 1.165) is 0 Å². The summed E-state index contributed by atoms with van der Waals surface area (Å²) in [5.74, 6) is 0.303. The van der Waals surface area contributed by atoms with E-state index in [1.54, 1.807) is 18.3 Å². The first-order valence-electron chi connectivity index (χ1n) is 4.98. The van der Waals surface area contributed by atoms with Gasteiger partial charge in [0.05, 0.1) is 6.34 Å². The molecular weight excluding hydrogens is 220 g/mol. The van der Waals surface area contributed by atoms with Gasteiger partial charge in [0.2, 0.25) is 5.95 Å². The molecule has 0 aliphatic rings. The van der Waals surface area contributed by atoms with E-state index in [0.29, 0.717) is 11.6 Å². The number of aliphatic imine (C=N–C) groups is 1. The Bertz CT molecular complexity index is 630. The van der Waals surface area contributed by atoms with E-state index in [2.05, 4.69) is 19.9 Å². The fourth-order valence-electron chi connectivity index (χ4n) is 1.27. The van der Waals surface area contributed by atoms with Gasteiger partial charge >= 0.3 is 0 Å². The van der Waals surface area contributed by atoms with Gasteiger partial charge in [0.25, 0.3) is 5.56 Å². The SMILES string of the molecule is CN(C)/C=N/c1nc2nccnc2c(=O)n1C. The van der Waals surface area contributed by atoms with Crippen LogP contribution in [0.4, 0.5) is 5.95 Å². The summed E-state index contributed by atoms with van der Waals surface area (Å²) in [6.45, 7) is 0. The van der Waals surface area contributed by atoms with Crippen molar-refractivity contribution in [3.8, 4) is 0 Å². The van der Waals surface area contributed by atoms with E-state index in [4.69, 9.17) is 0 Å². The molecule has 0 amide bonds. The highest BCUT2D eigenvalue weighted by Gasteiger charge is 2.08. The summed E-state index contributed by atoms with van der Waals surface area (Å²) >= 11 is 0. The molecule has 0 atom stereocenters. The van der Waals surface area contributed by atoms with Crippen LogP contribution in [0.2, 0.25) is 0 Å². The maximum atomic E-state index is 11.9. The third kappa shape index (κ3) is 2.12. The molecule has 2 rings (SSSR count). The number of fused-ring (bicyclic) bond motifs is 1. The highest BCUT2D eigenvalue weighted by atomic mass is 16.1. The molecule has 0 radical (unpaired) electrons. The first-order chi connectivity index (χ1) is 8.09. The van der Waals surface area contributed by atoms with Crippen molar-refractivity contribution in [2.45, 2.75) is 0 Å². The molecule has 88 valence electrons. The van der Waals surface area contributed by atoms with E-state index < -0.39 is 0 Å². The van der Waals surface area contributed by atoms with Gasteiger partial charge in [-0.15, -0.1) is 0 Å². The molecule has 0 saturated heterocycles. The largest absolute Gasteiger partial charge is 0.369 e. The molecular formula is C10H12N6O. The van der Waals surface area contributed by atoms with E-state index in [-0.39, 0.29) is 11.1 Å². The van der Waals surface area contributed by atoms with Crippen molar-refractivity contribution in [3.05, 3.63) is 22.7 Å². The van der Waals surface area contributed by atoms with Crippen molar-refractivity contribution < 1.29 is 0 Å². The predicted molar refractivity (Wildman–Crippen MR) is 64.4 cm³/mol. The predicted octanol–water partition coefficient (Wildman–Crippen LogP) is -0.0551. The van der Waals surface area contributed by atoms with Gasteiger partial charge in [-0.2, -0.15) is 4.98 Å². The van der Waals surface area contributed by atoms with Gasteiger partial charge in [-0.3, -0.25) is 9.36 Å². The second kappa shape index (κ2) is 4.28. The van der Waals surface area contributed by atoms with Crippen LogP contribution in [0.15, 0.2) is 22.2 Å². The molecule has 0 fully saturated rings. The Labute approximate surface area is 97.5 Å². The van der Waals surface area contributed by atoms with Crippen molar-refractivity contribution in [1.29, 1.82) is 0 Å². The molecule has 0 N–H and O–H groups in total. The molecule has 0 saturated carbocycles. The highest BCUT2D eigenvalue weighted by Crippen LogP contribution is 2.07. The maximum absolute atomic E-state index is 11.9. The standard InChI is InChI=1S/C10H12N6O/c1-15(2)6-13-10-14-8-7(9(17)16(10)3)11-4-5-12-8/h4-6H,1-3H3/b13-6+. The average Bonchev–Trinajstić information content (AvgIpc) is 2.32. The molecule has 2 aromatic heterocycles. The molecule has 0 aromatic carbocycles. The molecule has 7 nitrogen and oxygen atoms in total. The lowest BCUT2D eigenvalue weighted by molar-refractivity contribution is 0.641. The van der Waals surface area contributed by atoms with E-state index in [1.165, 1.54) is 17.0 Å². The molecule has 0 aliphatic carbocycles. The second-order valence-electron chi connectivity index (χ2n) is 3.71. The Hall–Kier alpha value is -2.31. The van der Waals surface area contributed by atoms with Crippen molar-refractivity contribution in [1.82, 2.24) is 24.4 Å². The number of rotatable bonds is 2. The normalized spacial score (nSPS) is 11.2. The first-order valence-corrected chi connectivity index (χ1v) is 4.98. The average molecular weight is 232 g/mol. The molecule has 2 heterocycles. The Balaban J connectivity index is 2.66. The zero-order valence-corrected chi connectivity index (χ0v) is 9.82. The van der Waals surface area contributed by atoms with Crippen molar-refractivity contribution >= 4 is 23.5 Å². The van der Waals surface area contributed by atoms with Gasteiger partial charge in [-0.05, 0) is 0 Å². The van der Waals surface area contributed by atoms with Crippen LogP contribution in [0.1, 0.15) is 0 Å². The fourth-order valence-corrected chi connectivity index (χ4v) is 1.27. The van der Waals surface area contributed by atoms with Gasteiger partial charge < -0.3 is 4.90 Å². The van der Waals surface area contributed by atoms with Gasteiger partial charge in [-0.1, -0.05) is 0 Å². The molecule has 0 unspecified atom stereocenters. The van der Waals surface area contributed by atoms with Crippen LogP contribution in [0, 0.1) is 0 Å². The van der Waals surface area contributed by atoms with Crippen LogP contribution < -0.4 is 5.56 Å². The lowest BCUT2D eigenvalue weighted by Crippen LogP contribution is -2.20. The fraction of sp³-hybridized carbons (Fsp3) is 0.300. The summed E-state index contributed by atoms with van der Waals surface area (Å²) in [4.78, 5) is 29.9. The monoisotopic (exact) mass is 232 g/mol. The third-order valence-electron chi connectivity index (χ3n) is 2.10. The summed E-state index contributed by atoms with van der Waals surface area (Å²) < 4.78 is 1.34. The summed E-state index contributed by atoms with van der Waals surface area (Å²) in [5.41, 5.74) is 0.300. The molecule has 7 heteroatoms.